The summed E-state index contributed by atoms with van der Waals surface area (Å²) in [5, 5.41) is 9.03. The number of nitriles is 1. The summed E-state index contributed by atoms with van der Waals surface area (Å²) in [6.45, 7) is 2.08. The van der Waals surface area contributed by atoms with Gasteiger partial charge in [0.2, 0.25) is 0 Å². The Morgan fingerprint density at radius 3 is 2.75 bits per heavy atom. The van der Waals surface area contributed by atoms with E-state index in [9.17, 15) is 0 Å². The Labute approximate surface area is 126 Å². The average Bonchev–Trinajstić information content (AvgIpc) is 2.46. The van der Waals surface area contributed by atoms with Gasteiger partial charge in [0.15, 0.2) is 0 Å². The molecule has 102 valence electrons. The first kappa shape index (κ1) is 14.5. The van der Waals surface area contributed by atoms with Crippen LogP contribution in [-0.4, -0.2) is 17.1 Å². The van der Waals surface area contributed by atoms with Gasteiger partial charge >= 0.3 is 0 Å². The zero-order valence-corrected chi connectivity index (χ0v) is 12.9. The smallest absolute Gasteiger partial charge is 0.130 e. The minimum Gasteiger partial charge on any atom is -0.496 e. The average molecular weight is 332 g/mol. The molecule has 1 heterocycles. The van der Waals surface area contributed by atoms with Crippen LogP contribution in [-0.2, 0) is 6.42 Å². The van der Waals surface area contributed by atoms with Crippen LogP contribution in [0.15, 0.2) is 28.9 Å². The fourth-order valence-electron chi connectivity index (χ4n) is 1.92. The molecule has 5 heteroatoms. The molecule has 0 aliphatic heterocycles. The summed E-state index contributed by atoms with van der Waals surface area (Å²) in [4.78, 5) is 8.89. The Balaban J connectivity index is 2.58. The topological polar surface area (TPSA) is 58.8 Å². The first-order valence-corrected chi connectivity index (χ1v) is 7.09. The molecule has 1 aromatic heterocycles. The number of nitrogens with zero attached hydrogens (tertiary/aromatic N) is 3. The highest BCUT2D eigenvalue weighted by Gasteiger charge is 2.11. The van der Waals surface area contributed by atoms with Crippen molar-refractivity contribution >= 4 is 15.9 Å². The van der Waals surface area contributed by atoms with Gasteiger partial charge in [0, 0.05) is 12.0 Å². The van der Waals surface area contributed by atoms with Crippen molar-refractivity contribution in [2.75, 3.05) is 7.11 Å². The molecular formula is C15H14BrN3O. The van der Waals surface area contributed by atoms with Crippen molar-refractivity contribution in [1.82, 2.24) is 9.97 Å². The third-order valence-corrected chi connectivity index (χ3v) is 3.23. The van der Waals surface area contributed by atoms with Crippen LogP contribution in [0, 0.1) is 11.3 Å². The lowest BCUT2D eigenvalue weighted by Crippen LogP contribution is -1.98. The Bertz CT molecular complexity index is 665. The molecule has 0 unspecified atom stereocenters. The van der Waals surface area contributed by atoms with Gasteiger partial charge in [0.25, 0.3) is 0 Å². The summed E-state index contributed by atoms with van der Waals surface area (Å²) in [7, 11) is 1.61. The number of halogens is 1. The zero-order chi connectivity index (χ0) is 14.5. The summed E-state index contributed by atoms with van der Waals surface area (Å²) < 4.78 is 6.09. The van der Waals surface area contributed by atoms with Crippen LogP contribution in [0.2, 0.25) is 0 Å². The minimum atomic E-state index is 0.576. The molecule has 0 amide bonds. The van der Waals surface area contributed by atoms with E-state index < -0.39 is 0 Å². The molecule has 0 saturated carbocycles. The molecular weight excluding hydrogens is 318 g/mol. The monoisotopic (exact) mass is 331 g/mol. The van der Waals surface area contributed by atoms with E-state index in [1.54, 1.807) is 25.3 Å². The van der Waals surface area contributed by atoms with E-state index >= 15 is 0 Å². The van der Waals surface area contributed by atoms with Gasteiger partial charge in [-0.15, -0.1) is 0 Å². The van der Waals surface area contributed by atoms with Crippen LogP contribution in [0.4, 0.5) is 0 Å². The van der Waals surface area contributed by atoms with Crippen LogP contribution >= 0.6 is 15.9 Å². The van der Waals surface area contributed by atoms with Crippen LogP contribution in [0.5, 0.6) is 5.75 Å². The fourth-order valence-corrected chi connectivity index (χ4v) is 2.34. The Hall–Kier alpha value is -1.93. The first-order valence-electron chi connectivity index (χ1n) is 6.30. The number of benzene rings is 1. The van der Waals surface area contributed by atoms with Gasteiger partial charge in [-0.1, -0.05) is 6.92 Å². The lowest BCUT2D eigenvalue weighted by molar-refractivity contribution is 0.416. The molecule has 0 radical (unpaired) electrons. The normalized spacial score (nSPS) is 10.1. The molecule has 20 heavy (non-hydrogen) atoms. The second-order valence-electron chi connectivity index (χ2n) is 4.27. The van der Waals surface area contributed by atoms with E-state index in [4.69, 9.17) is 10.00 Å². The van der Waals surface area contributed by atoms with Gasteiger partial charge < -0.3 is 4.74 Å². The summed E-state index contributed by atoms with van der Waals surface area (Å²) in [5.74, 6) is 1.47. The molecule has 0 spiro atoms. The number of methoxy groups -OCH3 is 1. The lowest BCUT2D eigenvalue weighted by Gasteiger charge is -2.10. The lowest BCUT2D eigenvalue weighted by atomic mass is 10.1. The summed E-state index contributed by atoms with van der Waals surface area (Å²) in [6, 6.07) is 9.25. The number of aromatic nitrogens is 2. The molecule has 0 bridgehead atoms. The van der Waals surface area contributed by atoms with Crippen molar-refractivity contribution in [3.8, 4) is 23.1 Å². The number of ether oxygens (including phenoxy) is 1. The zero-order valence-electron chi connectivity index (χ0n) is 11.4. The highest BCUT2D eigenvalue weighted by molar-refractivity contribution is 9.10. The molecule has 0 N–H and O–H groups in total. The van der Waals surface area contributed by atoms with Gasteiger partial charge in [-0.25, -0.2) is 9.97 Å². The Kier molecular flexibility index (Phi) is 4.70. The maximum Gasteiger partial charge on any atom is 0.130 e. The van der Waals surface area contributed by atoms with Crippen LogP contribution < -0.4 is 4.74 Å². The third kappa shape index (κ3) is 3.14. The molecule has 0 fully saturated rings. The van der Waals surface area contributed by atoms with Crippen LogP contribution in [0.25, 0.3) is 11.3 Å². The highest BCUT2D eigenvalue weighted by Crippen LogP contribution is 2.30. The van der Waals surface area contributed by atoms with Crippen molar-refractivity contribution in [2.45, 2.75) is 19.8 Å². The van der Waals surface area contributed by atoms with Crippen LogP contribution in [0.1, 0.15) is 24.7 Å². The predicted molar refractivity (Wildman–Crippen MR) is 80.4 cm³/mol. The van der Waals surface area contributed by atoms with Crippen molar-refractivity contribution in [2.24, 2.45) is 0 Å². The molecule has 1 aromatic carbocycles. The van der Waals surface area contributed by atoms with E-state index in [1.807, 2.05) is 6.07 Å². The standard InChI is InChI=1S/C15H14BrN3O/c1-3-4-15-18-12(8-14(16)19-15)11-7-10(9-17)5-6-13(11)20-2/h5-8H,3-4H2,1-2H3. The summed E-state index contributed by atoms with van der Waals surface area (Å²) >= 11 is 3.41. The van der Waals surface area contributed by atoms with E-state index in [-0.39, 0.29) is 0 Å². The predicted octanol–water partition coefficient (Wildman–Crippen LogP) is 3.74. The molecule has 0 aliphatic carbocycles. The van der Waals surface area contributed by atoms with E-state index in [1.165, 1.54) is 0 Å². The third-order valence-electron chi connectivity index (χ3n) is 2.82. The number of hydrogen-bond donors (Lipinski definition) is 0. The maximum absolute atomic E-state index is 9.03. The quantitative estimate of drug-likeness (QED) is 0.801. The highest BCUT2D eigenvalue weighted by atomic mass is 79.9. The van der Waals surface area contributed by atoms with Crippen LogP contribution in [0.3, 0.4) is 0 Å². The van der Waals surface area contributed by atoms with E-state index in [0.29, 0.717) is 11.3 Å². The Morgan fingerprint density at radius 1 is 1.30 bits per heavy atom. The minimum absolute atomic E-state index is 0.576. The van der Waals surface area contributed by atoms with Gasteiger partial charge in [0.1, 0.15) is 16.2 Å². The van der Waals surface area contributed by atoms with Gasteiger partial charge in [-0.2, -0.15) is 5.26 Å². The second kappa shape index (κ2) is 6.49. The number of aryl methyl sites for hydroxylation is 1. The first-order chi connectivity index (χ1) is 9.67. The fraction of sp³-hybridized carbons (Fsp3) is 0.267. The summed E-state index contributed by atoms with van der Waals surface area (Å²) in [5.41, 5.74) is 2.13. The Morgan fingerprint density at radius 2 is 2.10 bits per heavy atom. The number of hydrogen-bond acceptors (Lipinski definition) is 4. The van der Waals surface area contributed by atoms with Crippen molar-refractivity contribution in [3.63, 3.8) is 0 Å². The SMILES string of the molecule is CCCc1nc(Br)cc(-c2cc(C#N)ccc2OC)n1. The largest absolute Gasteiger partial charge is 0.496 e. The molecule has 0 aliphatic rings. The second-order valence-corrected chi connectivity index (χ2v) is 5.08. The van der Waals surface area contributed by atoms with Crippen molar-refractivity contribution in [1.29, 1.82) is 5.26 Å². The maximum atomic E-state index is 9.03. The number of rotatable bonds is 4. The van der Waals surface area contributed by atoms with Gasteiger partial charge in [0.05, 0.1) is 24.4 Å². The van der Waals surface area contributed by atoms with Crippen molar-refractivity contribution in [3.05, 3.63) is 40.3 Å². The summed E-state index contributed by atoms with van der Waals surface area (Å²) in [6.07, 6.45) is 1.79. The molecule has 2 aromatic rings. The van der Waals surface area contributed by atoms with Crippen molar-refractivity contribution < 1.29 is 4.74 Å². The van der Waals surface area contributed by atoms with Gasteiger partial charge in [-0.05, 0) is 46.6 Å². The molecule has 0 saturated heterocycles. The molecule has 4 nitrogen and oxygen atoms in total. The van der Waals surface area contributed by atoms with Gasteiger partial charge in [-0.3, -0.25) is 0 Å². The van der Waals surface area contributed by atoms with E-state index in [2.05, 4.69) is 38.9 Å². The molecule has 0 atom stereocenters. The van der Waals surface area contributed by atoms with E-state index in [0.717, 1.165) is 34.5 Å². The molecule has 2 rings (SSSR count).